The van der Waals surface area contributed by atoms with Gasteiger partial charge in [0, 0.05) is 5.57 Å². The summed E-state index contributed by atoms with van der Waals surface area (Å²) in [7, 11) is 0. The summed E-state index contributed by atoms with van der Waals surface area (Å²) >= 11 is 0. The predicted molar refractivity (Wildman–Crippen MR) is 59.3 cm³/mol. The zero-order valence-electron chi connectivity index (χ0n) is 10.1. The molecule has 0 heterocycles. The fourth-order valence-electron chi connectivity index (χ4n) is 3.19. The molecule has 0 aromatic carbocycles. The number of allylic oxidation sites excluding steroid dienone is 1. The average Bonchev–Trinajstić information content (AvgIpc) is 2.49. The zero-order chi connectivity index (χ0) is 11.3. The average molecular weight is 208 g/mol. The Bertz CT molecular complexity index is 327. The van der Waals surface area contributed by atoms with Crippen molar-refractivity contribution in [3.8, 4) is 0 Å². The molecular formula is C13H20O2. The Labute approximate surface area is 91.7 Å². The highest BCUT2D eigenvalue weighted by atomic mass is 16.5. The third-order valence-corrected chi connectivity index (χ3v) is 4.66. The number of ether oxygens (including phenoxy) is 1. The Morgan fingerprint density at radius 3 is 2.60 bits per heavy atom. The lowest BCUT2D eigenvalue weighted by atomic mass is 9.70. The van der Waals surface area contributed by atoms with Crippen molar-refractivity contribution in [1.29, 1.82) is 0 Å². The van der Waals surface area contributed by atoms with E-state index in [0.29, 0.717) is 12.5 Å². The number of hydrogen-bond donors (Lipinski definition) is 0. The van der Waals surface area contributed by atoms with Crippen LogP contribution in [0.5, 0.6) is 0 Å². The molecule has 0 aromatic heterocycles. The highest BCUT2D eigenvalue weighted by molar-refractivity contribution is 5.90. The van der Waals surface area contributed by atoms with Gasteiger partial charge in [-0.2, -0.15) is 0 Å². The van der Waals surface area contributed by atoms with E-state index in [1.165, 1.54) is 6.42 Å². The van der Waals surface area contributed by atoms with Crippen molar-refractivity contribution in [2.45, 2.75) is 40.5 Å². The summed E-state index contributed by atoms with van der Waals surface area (Å²) in [5.74, 6) is 0.306. The van der Waals surface area contributed by atoms with Crippen LogP contribution < -0.4 is 0 Å². The molecule has 2 aliphatic carbocycles. The number of esters is 1. The van der Waals surface area contributed by atoms with E-state index in [1.807, 2.05) is 6.92 Å². The Hall–Kier alpha value is -0.790. The van der Waals surface area contributed by atoms with Gasteiger partial charge in [-0.1, -0.05) is 26.8 Å². The molecule has 15 heavy (non-hydrogen) atoms. The maximum absolute atomic E-state index is 11.8. The van der Waals surface area contributed by atoms with E-state index < -0.39 is 0 Å². The van der Waals surface area contributed by atoms with Crippen LogP contribution in [0.4, 0.5) is 0 Å². The van der Waals surface area contributed by atoms with E-state index in [2.05, 4.69) is 26.8 Å². The monoisotopic (exact) mass is 208 g/mol. The molecule has 1 saturated carbocycles. The van der Waals surface area contributed by atoms with Crippen LogP contribution in [0.15, 0.2) is 11.6 Å². The van der Waals surface area contributed by atoms with Gasteiger partial charge in [-0.3, -0.25) is 0 Å². The number of carbonyl (C=O) groups is 1. The summed E-state index contributed by atoms with van der Waals surface area (Å²) < 4.78 is 5.11. The summed E-state index contributed by atoms with van der Waals surface area (Å²) in [6, 6.07) is 0. The van der Waals surface area contributed by atoms with E-state index in [4.69, 9.17) is 4.74 Å². The first kappa shape index (κ1) is 10.7. The summed E-state index contributed by atoms with van der Waals surface area (Å²) in [5.41, 5.74) is 1.34. The molecule has 2 bridgehead atoms. The van der Waals surface area contributed by atoms with Gasteiger partial charge in [-0.05, 0) is 36.5 Å². The SMILES string of the molecule is CCOC(=O)C1=CC2(C)CCC1C2(C)C. The maximum Gasteiger partial charge on any atom is 0.333 e. The van der Waals surface area contributed by atoms with Crippen LogP contribution in [-0.2, 0) is 9.53 Å². The first-order valence-electron chi connectivity index (χ1n) is 5.82. The van der Waals surface area contributed by atoms with Crippen LogP contribution in [0.3, 0.4) is 0 Å². The van der Waals surface area contributed by atoms with Gasteiger partial charge in [0.25, 0.3) is 0 Å². The molecule has 2 nitrogen and oxygen atoms in total. The van der Waals surface area contributed by atoms with E-state index in [1.54, 1.807) is 0 Å². The Kier molecular flexibility index (Phi) is 2.21. The minimum absolute atomic E-state index is 0.0981. The second-order valence-electron chi connectivity index (χ2n) is 5.55. The molecule has 2 rings (SSSR count). The van der Waals surface area contributed by atoms with Gasteiger partial charge in [0.05, 0.1) is 6.61 Å². The molecule has 1 fully saturated rings. The first-order chi connectivity index (χ1) is 6.92. The van der Waals surface area contributed by atoms with Crippen molar-refractivity contribution in [2.24, 2.45) is 16.7 Å². The molecule has 0 N–H and O–H groups in total. The molecule has 0 saturated heterocycles. The molecule has 2 aliphatic rings. The van der Waals surface area contributed by atoms with Gasteiger partial charge in [0.2, 0.25) is 0 Å². The molecule has 0 radical (unpaired) electrons. The fraction of sp³-hybridized carbons (Fsp3) is 0.769. The molecule has 0 amide bonds. The van der Waals surface area contributed by atoms with Gasteiger partial charge < -0.3 is 4.74 Å². The highest BCUT2D eigenvalue weighted by Crippen LogP contribution is 2.64. The molecule has 2 atom stereocenters. The first-order valence-corrected chi connectivity index (χ1v) is 5.82. The van der Waals surface area contributed by atoms with Crippen molar-refractivity contribution < 1.29 is 9.53 Å². The lowest BCUT2D eigenvalue weighted by Gasteiger charge is -2.33. The van der Waals surface area contributed by atoms with E-state index in [0.717, 1.165) is 12.0 Å². The van der Waals surface area contributed by atoms with Gasteiger partial charge in [0.15, 0.2) is 0 Å². The van der Waals surface area contributed by atoms with Crippen LogP contribution in [0.25, 0.3) is 0 Å². The van der Waals surface area contributed by atoms with Crippen molar-refractivity contribution in [2.75, 3.05) is 6.61 Å². The van der Waals surface area contributed by atoms with Crippen LogP contribution in [0, 0.1) is 16.7 Å². The maximum atomic E-state index is 11.8. The smallest absolute Gasteiger partial charge is 0.333 e. The standard InChI is InChI=1S/C13H20O2/c1-5-15-11(14)9-8-13(4)7-6-10(9)12(13,2)3/h8,10H,5-7H2,1-4H3. The minimum Gasteiger partial charge on any atom is -0.463 e. The Morgan fingerprint density at radius 2 is 2.20 bits per heavy atom. The normalized spacial score (nSPS) is 36.5. The van der Waals surface area contributed by atoms with Gasteiger partial charge in [0.1, 0.15) is 0 Å². The Balaban J connectivity index is 2.29. The predicted octanol–water partition coefficient (Wildman–Crippen LogP) is 2.93. The summed E-state index contributed by atoms with van der Waals surface area (Å²) in [4.78, 5) is 11.8. The van der Waals surface area contributed by atoms with Gasteiger partial charge >= 0.3 is 5.97 Å². The van der Waals surface area contributed by atoms with E-state index >= 15 is 0 Å². The molecular weight excluding hydrogens is 188 g/mol. The molecule has 0 aromatic rings. The Morgan fingerprint density at radius 1 is 1.53 bits per heavy atom. The molecule has 0 aliphatic heterocycles. The molecule has 2 heteroatoms. The van der Waals surface area contributed by atoms with Crippen LogP contribution in [-0.4, -0.2) is 12.6 Å². The minimum atomic E-state index is -0.0981. The van der Waals surface area contributed by atoms with E-state index in [-0.39, 0.29) is 16.8 Å². The van der Waals surface area contributed by atoms with Crippen LogP contribution in [0.2, 0.25) is 0 Å². The molecule has 0 spiro atoms. The van der Waals surface area contributed by atoms with Gasteiger partial charge in [-0.25, -0.2) is 4.79 Å². The second kappa shape index (κ2) is 3.10. The summed E-state index contributed by atoms with van der Waals surface area (Å²) in [6.07, 6.45) is 4.50. The van der Waals surface area contributed by atoms with Crippen molar-refractivity contribution in [1.82, 2.24) is 0 Å². The van der Waals surface area contributed by atoms with Crippen molar-refractivity contribution in [3.05, 3.63) is 11.6 Å². The molecule has 84 valence electrons. The summed E-state index contributed by atoms with van der Waals surface area (Å²) in [5, 5.41) is 0. The number of fused-ring (bicyclic) bond motifs is 2. The van der Waals surface area contributed by atoms with Crippen LogP contribution >= 0.6 is 0 Å². The zero-order valence-corrected chi connectivity index (χ0v) is 10.1. The third-order valence-electron chi connectivity index (χ3n) is 4.66. The fourth-order valence-corrected chi connectivity index (χ4v) is 3.19. The number of carbonyl (C=O) groups excluding carboxylic acids is 1. The van der Waals surface area contributed by atoms with Crippen LogP contribution in [0.1, 0.15) is 40.5 Å². The summed E-state index contributed by atoms with van der Waals surface area (Å²) in [6.45, 7) is 9.14. The second-order valence-corrected chi connectivity index (χ2v) is 5.55. The van der Waals surface area contributed by atoms with Crippen molar-refractivity contribution in [3.63, 3.8) is 0 Å². The number of rotatable bonds is 2. The third kappa shape index (κ3) is 1.27. The lowest BCUT2D eigenvalue weighted by Crippen LogP contribution is -2.28. The number of hydrogen-bond acceptors (Lipinski definition) is 2. The quantitative estimate of drug-likeness (QED) is 0.652. The topological polar surface area (TPSA) is 26.3 Å². The van der Waals surface area contributed by atoms with E-state index in [9.17, 15) is 4.79 Å². The largest absolute Gasteiger partial charge is 0.463 e. The lowest BCUT2D eigenvalue weighted by molar-refractivity contribution is -0.139. The van der Waals surface area contributed by atoms with Crippen molar-refractivity contribution >= 4 is 5.97 Å². The highest BCUT2D eigenvalue weighted by Gasteiger charge is 2.57. The van der Waals surface area contributed by atoms with Gasteiger partial charge in [-0.15, -0.1) is 0 Å². The molecule has 2 unspecified atom stereocenters.